The number of aromatic nitrogens is 5. The number of nitrogens with zero attached hydrogens (tertiary/aromatic N) is 6. The highest BCUT2D eigenvalue weighted by Crippen LogP contribution is 2.22. The molecule has 8 heteroatoms. The summed E-state index contributed by atoms with van der Waals surface area (Å²) in [4.78, 5) is 19.7. The summed E-state index contributed by atoms with van der Waals surface area (Å²) >= 11 is 6.31. The predicted molar refractivity (Wildman–Crippen MR) is 111 cm³/mol. The number of carbonyl (C=O) groups is 1. The Kier molecular flexibility index (Phi) is 5.07. The number of hydrogen-bond donors (Lipinski definition) is 0. The number of amides is 1. The standard InChI is InChI=1S/C21H21ClN6O/c1-14-10-16(24-27(14)3)11-28(13-19-18(22)12-26(2)25-19)21(29)17-8-4-6-15-7-5-9-23-20(15)17/h4-10,12H,11,13H2,1-3H3. The Balaban J connectivity index is 1.73. The van der Waals surface area contributed by atoms with Gasteiger partial charge >= 0.3 is 0 Å². The molecule has 0 aliphatic heterocycles. The molecule has 3 heterocycles. The fraction of sp³-hybridized carbons (Fsp3) is 0.238. The molecule has 0 radical (unpaired) electrons. The van der Waals surface area contributed by atoms with Crippen LogP contribution in [0.5, 0.6) is 0 Å². The van der Waals surface area contributed by atoms with Crippen molar-refractivity contribution in [1.29, 1.82) is 0 Å². The van der Waals surface area contributed by atoms with Crippen LogP contribution in [0.3, 0.4) is 0 Å². The second-order valence-electron chi connectivity index (χ2n) is 7.04. The lowest BCUT2D eigenvalue weighted by atomic mass is 10.1. The Hall–Kier alpha value is -3.19. The van der Waals surface area contributed by atoms with Crippen molar-refractivity contribution in [3.8, 4) is 0 Å². The van der Waals surface area contributed by atoms with Gasteiger partial charge in [-0.25, -0.2) is 0 Å². The Morgan fingerprint density at radius 1 is 1.14 bits per heavy atom. The highest BCUT2D eigenvalue weighted by atomic mass is 35.5. The number of fused-ring (bicyclic) bond motifs is 1. The van der Waals surface area contributed by atoms with Crippen LogP contribution in [0.2, 0.25) is 5.02 Å². The minimum absolute atomic E-state index is 0.140. The zero-order valence-corrected chi connectivity index (χ0v) is 17.3. The molecule has 0 aliphatic rings. The van der Waals surface area contributed by atoms with E-state index in [1.807, 2.05) is 44.3 Å². The van der Waals surface area contributed by atoms with E-state index in [1.165, 1.54) is 0 Å². The molecule has 0 aliphatic carbocycles. The lowest BCUT2D eigenvalue weighted by molar-refractivity contribution is 0.0727. The van der Waals surface area contributed by atoms with Crippen molar-refractivity contribution in [2.24, 2.45) is 14.1 Å². The quantitative estimate of drug-likeness (QED) is 0.506. The van der Waals surface area contributed by atoms with E-state index in [9.17, 15) is 4.79 Å². The number of aryl methyl sites for hydroxylation is 3. The second-order valence-corrected chi connectivity index (χ2v) is 7.45. The molecular weight excluding hydrogens is 388 g/mol. The normalized spacial score (nSPS) is 11.2. The van der Waals surface area contributed by atoms with Crippen molar-refractivity contribution in [2.45, 2.75) is 20.0 Å². The molecule has 0 N–H and O–H groups in total. The number of benzene rings is 1. The van der Waals surface area contributed by atoms with E-state index in [2.05, 4.69) is 15.2 Å². The van der Waals surface area contributed by atoms with E-state index in [0.29, 0.717) is 28.3 Å². The minimum atomic E-state index is -0.140. The topological polar surface area (TPSA) is 68.8 Å². The highest BCUT2D eigenvalue weighted by molar-refractivity contribution is 6.31. The fourth-order valence-electron chi connectivity index (χ4n) is 3.35. The largest absolute Gasteiger partial charge is 0.327 e. The molecule has 0 bridgehead atoms. The van der Waals surface area contributed by atoms with Crippen molar-refractivity contribution in [1.82, 2.24) is 29.4 Å². The fourth-order valence-corrected chi connectivity index (χ4v) is 3.59. The van der Waals surface area contributed by atoms with Gasteiger partial charge in [0.15, 0.2) is 0 Å². The van der Waals surface area contributed by atoms with Crippen molar-refractivity contribution < 1.29 is 4.79 Å². The first-order valence-electron chi connectivity index (χ1n) is 9.23. The Morgan fingerprint density at radius 2 is 1.93 bits per heavy atom. The summed E-state index contributed by atoms with van der Waals surface area (Å²) in [6, 6.07) is 11.4. The number of rotatable bonds is 5. The molecule has 0 saturated heterocycles. The van der Waals surface area contributed by atoms with Crippen LogP contribution in [-0.4, -0.2) is 35.4 Å². The first-order chi connectivity index (χ1) is 13.9. The van der Waals surface area contributed by atoms with E-state index in [1.54, 1.807) is 39.8 Å². The maximum atomic E-state index is 13.6. The van der Waals surface area contributed by atoms with E-state index in [4.69, 9.17) is 11.6 Å². The van der Waals surface area contributed by atoms with Gasteiger partial charge in [0, 0.05) is 37.6 Å². The van der Waals surface area contributed by atoms with Gasteiger partial charge in [-0.1, -0.05) is 29.8 Å². The van der Waals surface area contributed by atoms with Crippen LogP contribution in [0.4, 0.5) is 0 Å². The zero-order valence-electron chi connectivity index (χ0n) is 16.5. The third-order valence-electron chi connectivity index (χ3n) is 4.86. The first-order valence-corrected chi connectivity index (χ1v) is 9.60. The third-order valence-corrected chi connectivity index (χ3v) is 5.18. The number of para-hydroxylation sites is 1. The maximum Gasteiger partial charge on any atom is 0.256 e. The van der Waals surface area contributed by atoms with E-state index in [0.717, 1.165) is 16.8 Å². The summed E-state index contributed by atoms with van der Waals surface area (Å²) in [6.45, 7) is 2.60. The summed E-state index contributed by atoms with van der Waals surface area (Å²) in [7, 11) is 3.69. The van der Waals surface area contributed by atoms with Gasteiger partial charge in [0.05, 0.1) is 34.9 Å². The van der Waals surface area contributed by atoms with Crippen molar-refractivity contribution in [3.05, 3.63) is 76.5 Å². The van der Waals surface area contributed by atoms with Crippen molar-refractivity contribution in [3.63, 3.8) is 0 Å². The van der Waals surface area contributed by atoms with E-state index in [-0.39, 0.29) is 12.5 Å². The number of pyridine rings is 1. The van der Waals surface area contributed by atoms with Crippen LogP contribution >= 0.6 is 11.6 Å². The number of hydrogen-bond acceptors (Lipinski definition) is 4. The Morgan fingerprint density at radius 3 is 2.62 bits per heavy atom. The van der Waals surface area contributed by atoms with Gasteiger partial charge in [-0.15, -0.1) is 0 Å². The molecule has 148 valence electrons. The third kappa shape index (κ3) is 3.86. The molecule has 7 nitrogen and oxygen atoms in total. The first kappa shape index (κ1) is 19.1. The van der Waals surface area contributed by atoms with Crippen LogP contribution in [0.15, 0.2) is 48.8 Å². The molecule has 4 rings (SSSR count). The predicted octanol–water partition coefficient (Wildman–Crippen LogP) is 3.51. The van der Waals surface area contributed by atoms with Gasteiger partial charge in [-0.2, -0.15) is 10.2 Å². The second kappa shape index (κ2) is 7.67. The molecule has 0 atom stereocenters. The van der Waals surface area contributed by atoms with Crippen LogP contribution in [-0.2, 0) is 27.2 Å². The minimum Gasteiger partial charge on any atom is -0.327 e. The smallest absolute Gasteiger partial charge is 0.256 e. The molecule has 1 aromatic carbocycles. The molecule has 0 fully saturated rings. The summed E-state index contributed by atoms with van der Waals surface area (Å²) in [6.07, 6.45) is 3.42. The molecule has 0 saturated carbocycles. The van der Waals surface area contributed by atoms with E-state index >= 15 is 0 Å². The van der Waals surface area contributed by atoms with Gasteiger partial charge < -0.3 is 4.90 Å². The van der Waals surface area contributed by atoms with Crippen molar-refractivity contribution in [2.75, 3.05) is 0 Å². The summed E-state index contributed by atoms with van der Waals surface area (Å²) in [5, 5.41) is 10.4. The van der Waals surface area contributed by atoms with Gasteiger partial charge in [-0.05, 0) is 25.1 Å². The van der Waals surface area contributed by atoms with Crippen LogP contribution in [0.25, 0.3) is 10.9 Å². The maximum absolute atomic E-state index is 13.6. The monoisotopic (exact) mass is 408 g/mol. The highest BCUT2D eigenvalue weighted by Gasteiger charge is 2.22. The molecular formula is C21H21ClN6O. The summed E-state index contributed by atoms with van der Waals surface area (Å²) < 4.78 is 3.44. The van der Waals surface area contributed by atoms with Crippen LogP contribution in [0, 0.1) is 6.92 Å². The van der Waals surface area contributed by atoms with Gasteiger partial charge in [0.2, 0.25) is 0 Å². The molecule has 3 aromatic heterocycles. The average molecular weight is 409 g/mol. The summed E-state index contributed by atoms with van der Waals surface area (Å²) in [5.74, 6) is -0.140. The van der Waals surface area contributed by atoms with Crippen LogP contribution < -0.4 is 0 Å². The van der Waals surface area contributed by atoms with E-state index < -0.39 is 0 Å². The Labute approximate surface area is 173 Å². The van der Waals surface area contributed by atoms with Gasteiger partial charge in [0.25, 0.3) is 5.91 Å². The molecule has 0 unspecified atom stereocenters. The van der Waals surface area contributed by atoms with Gasteiger partial charge in [0.1, 0.15) is 5.69 Å². The summed E-state index contributed by atoms with van der Waals surface area (Å²) in [5.41, 5.74) is 3.69. The SMILES string of the molecule is Cc1cc(CN(Cc2nn(C)cc2Cl)C(=O)c2cccc3cccnc23)nn1C. The zero-order chi connectivity index (χ0) is 20.5. The molecule has 0 spiro atoms. The van der Waals surface area contributed by atoms with Crippen molar-refractivity contribution >= 4 is 28.4 Å². The average Bonchev–Trinajstić information content (AvgIpc) is 3.19. The Bertz CT molecular complexity index is 1170. The van der Waals surface area contributed by atoms with Crippen LogP contribution in [0.1, 0.15) is 27.4 Å². The molecule has 29 heavy (non-hydrogen) atoms. The van der Waals surface area contributed by atoms with Gasteiger partial charge in [-0.3, -0.25) is 19.1 Å². The lowest BCUT2D eigenvalue weighted by Gasteiger charge is -2.22. The number of carbonyl (C=O) groups excluding carboxylic acids is 1. The lowest BCUT2D eigenvalue weighted by Crippen LogP contribution is -2.31. The molecule has 1 amide bonds. The molecule has 4 aromatic rings. The number of halogens is 1.